The van der Waals surface area contributed by atoms with Gasteiger partial charge in [-0.15, -0.1) is 56.7 Å². The van der Waals surface area contributed by atoms with E-state index in [0.29, 0.717) is 0 Å². The first-order valence-corrected chi connectivity index (χ1v) is 23.9. The summed E-state index contributed by atoms with van der Waals surface area (Å²) in [7, 11) is -1.35. The van der Waals surface area contributed by atoms with E-state index in [1.807, 2.05) is 56.7 Å². The molecule has 0 aliphatic carbocycles. The zero-order valence-corrected chi connectivity index (χ0v) is 31.0. The maximum Gasteiger partial charge on any atom is 0.150 e. The summed E-state index contributed by atoms with van der Waals surface area (Å²) < 4.78 is 0. The van der Waals surface area contributed by atoms with Gasteiger partial charge in [0.05, 0.1) is 0 Å². The van der Waals surface area contributed by atoms with Crippen LogP contribution in [0, 0.1) is 0 Å². The minimum atomic E-state index is -1.35. The Labute approximate surface area is 279 Å². The van der Waals surface area contributed by atoms with Crippen LogP contribution in [0.15, 0.2) is 60.7 Å². The zero-order valence-electron chi connectivity index (χ0n) is 25.2. The van der Waals surface area contributed by atoms with Crippen molar-refractivity contribution in [2.24, 2.45) is 0 Å². The first-order chi connectivity index (χ1) is 20.4. The van der Waals surface area contributed by atoms with Gasteiger partial charge in [0.15, 0.2) is 0 Å². The number of halogens is 1. The number of aryl methyl sites for hydroxylation is 2. The summed E-state index contributed by atoms with van der Waals surface area (Å²) in [5.74, 6) is 0. The normalized spacial score (nSPS) is 12.0. The van der Waals surface area contributed by atoms with Gasteiger partial charge in [-0.3, -0.25) is 0 Å². The molecular formula is C35H43ClS5Si. The maximum absolute atomic E-state index is 6.42. The molecule has 0 spiro atoms. The first-order valence-electron chi connectivity index (χ1n) is 15.6. The SMILES string of the molecule is CCc1ccc(-c2ccc(-c3ccc(-c4ccc(-c5ccc(CCCCCCCCCCC[Si](C)(C)Cl)s5)s4)s3)s2)s1. The molecule has 0 aliphatic heterocycles. The van der Waals surface area contributed by atoms with Gasteiger partial charge >= 0.3 is 0 Å². The third kappa shape index (κ3) is 9.50. The van der Waals surface area contributed by atoms with Crippen LogP contribution in [0.3, 0.4) is 0 Å². The number of hydrogen-bond donors (Lipinski definition) is 0. The van der Waals surface area contributed by atoms with E-state index in [9.17, 15) is 0 Å². The molecule has 5 aromatic heterocycles. The molecule has 0 saturated heterocycles. The lowest BCUT2D eigenvalue weighted by Gasteiger charge is -2.11. The van der Waals surface area contributed by atoms with Crippen LogP contribution in [0.5, 0.6) is 0 Å². The maximum atomic E-state index is 6.42. The molecule has 0 atom stereocenters. The Morgan fingerprint density at radius 1 is 0.452 bits per heavy atom. The van der Waals surface area contributed by atoms with E-state index in [-0.39, 0.29) is 0 Å². The van der Waals surface area contributed by atoms with Gasteiger partial charge in [0.1, 0.15) is 7.38 Å². The van der Waals surface area contributed by atoms with E-state index < -0.39 is 7.38 Å². The Balaban J connectivity index is 1.04. The quantitative estimate of drug-likeness (QED) is 0.0519. The molecule has 0 saturated carbocycles. The molecule has 224 valence electrons. The van der Waals surface area contributed by atoms with Crippen molar-refractivity contribution in [1.29, 1.82) is 0 Å². The second-order valence-corrected chi connectivity index (χ2v) is 24.4. The van der Waals surface area contributed by atoms with Crippen LogP contribution in [0.2, 0.25) is 19.1 Å². The molecule has 5 rings (SSSR count). The van der Waals surface area contributed by atoms with Crippen LogP contribution in [-0.4, -0.2) is 7.38 Å². The fourth-order valence-electron chi connectivity index (χ4n) is 5.24. The second-order valence-electron chi connectivity index (χ2n) is 11.8. The van der Waals surface area contributed by atoms with Crippen molar-refractivity contribution in [2.45, 2.75) is 96.7 Å². The summed E-state index contributed by atoms with van der Waals surface area (Å²) in [6, 6.07) is 24.3. The van der Waals surface area contributed by atoms with Gasteiger partial charge in [0.2, 0.25) is 0 Å². The molecule has 5 aromatic rings. The summed E-state index contributed by atoms with van der Waals surface area (Å²) in [6.07, 6.45) is 14.7. The molecule has 0 aromatic carbocycles. The predicted molar refractivity (Wildman–Crippen MR) is 200 cm³/mol. The number of hydrogen-bond acceptors (Lipinski definition) is 5. The third-order valence-corrected chi connectivity index (χ3v) is 16.2. The summed E-state index contributed by atoms with van der Waals surface area (Å²) in [5.41, 5.74) is 0. The van der Waals surface area contributed by atoms with Gasteiger partial charge < -0.3 is 0 Å². The molecular weight excluding hydrogens is 644 g/mol. The van der Waals surface area contributed by atoms with Crippen molar-refractivity contribution in [2.75, 3.05) is 0 Å². The Bertz CT molecular complexity index is 1510. The minimum absolute atomic E-state index is 1.11. The minimum Gasteiger partial charge on any atom is -0.168 e. The van der Waals surface area contributed by atoms with Crippen LogP contribution in [0.4, 0.5) is 0 Å². The topological polar surface area (TPSA) is 0 Å². The highest BCUT2D eigenvalue weighted by atomic mass is 35.6. The number of rotatable bonds is 17. The number of unbranched alkanes of at least 4 members (excludes halogenated alkanes) is 8. The lowest BCUT2D eigenvalue weighted by molar-refractivity contribution is 0.565. The van der Waals surface area contributed by atoms with Gasteiger partial charge in [-0.05, 0) is 86.0 Å². The van der Waals surface area contributed by atoms with E-state index in [2.05, 4.69) is 80.7 Å². The van der Waals surface area contributed by atoms with E-state index in [4.69, 9.17) is 11.1 Å². The lowest BCUT2D eigenvalue weighted by atomic mass is 10.1. The van der Waals surface area contributed by atoms with Crippen LogP contribution in [0.1, 0.15) is 74.5 Å². The van der Waals surface area contributed by atoms with E-state index in [1.165, 1.54) is 119 Å². The molecule has 7 heteroatoms. The Morgan fingerprint density at radius 2 is 0.786 bits per heavy atom. The summed E-state index contributed by atoms with van der Waals surface area (Å²) in [4.78, 5) is 14.1. The van der Waals surface area contributed by atoms with Gasteiger partial charge in [-0.2, -0.15) is 11.1 Å². The highest BCUT2D eigenvalue weighted by Gasteiger charge is 2.15. The fraction of sp³-hybridized carbons (Fsp3) is 0.429. The summed E-state index contributed by atoms with van der Waals surface area (Å²) >= 11 is 16.1. The highest BCUT2D eigenvalue weighted by Crippen LogP contribution is 2.44. The van der Waals surface area contributed by atoms with E-state index in [1.54, 1.807) is 0 Å². The summed E-state index contributed by atoms with van der Waals surface area (Å²) in [6.45, 7) is 6.76. The van der Waals surface area contributed by atoms with Gasteiger partial charge in [0, 0.05) is 48.8 Å². The van der Waals surface area contributed by atoms with Gasteiger partial charge in [-0.1, -0.05) is 71.4 Å². The van der Waals surface area contributed by atoms with Crippen molar-refractivity contribution < 1.29 is 0 Å². The average molecular weight is 688 g/mol. The number of thiophene rings is 5. The Kier molecular flexibility index (Phi) is 12.2. The highest BCUT2D eigenvalue weighted by molar-refractivity contribution is 7.29. The fourth-order valence-corrected chi connectivity index (χ4v) is 12.1. The largest absolute Gasteiger partial charge is 0.168 e. The van der Waals surface area contributed by atoms with Crippen molar-refractivity contribution >= 4 is 75.1 Å². The first kappa shape index (κ1) is 32.4. The van der Waals surface area contributed by atoms with E-state index in [0.717, 1.165) is 6.42 Å². The molecule has 0 nitrogen and oxygen atoms in total. The molecule has 0 unspecified atom stereocenters. The second kappa shape index (κ2) is 15.8. The smallest absolute Gasteiger partial charge is 0.150 e. The molecule has 0 amide bonds. The van der Waals surface area contributed by atoms with Crippen molar-refractivity contribution in [1.82, 2.24) is 0 Å². The van der Waals surface area contributed by atoms with Crippen molar-refractivity contribution in [3.63, 3.8) is 0 Å². The lowest BCUT2D eigenvalue weighted by Crippen LogP contribution is -2.14. The molecule has 0 fully saturated rings. The predicted octanol–water partition coefficient (Wildman–Crippen LogP) is 14.7. The van der Waals surface area contributed by atoms with Gasteiger partial charge in [0.25, 0.3) is 0 Å². The monoisotopic (exact) mass is 686 g/mol. The zero-order chi connectivity index (χ0) is 29.4. The Hall–Kier alpha value is -0.993. The van der Waals surface area contributed by atoms with Crippen LogP contribution < -0.4 is 0 Å². The molecule has 0 aliphatic rings. The third-order valence-electron chi connectivity index (χ3n) is 7.66. The molecule has 5 heterocycles. The standard InChI is InChI=1S/C35H43ClS5Si/c1-4-26-15-17-28(37-26)30-19-21-32(39-30)34-23-24-35(41-34)33-22-20-31(40-33)29-18-16-27(38-29)14-12-10-8-6-5-7-9-11-13-25-42(2,3)36/h15-24H,4-14,25H2,1-3H3. The molecule has 0 bridgehead atoms. The van der Waals surface area contributed by atoms with Crippen LogP contribution in [-0.2, 0) is 12.8 Å². The average Bonchev–Trinajstić information content (AvgIpc) is 3.78. The van der Waals surface area contributed by atoms with Crippen molar-refractivity contribution in [3.8, 4) is 39.0 Å². The molecule has 0 radical (unpaired) electrons. The summed E-state index contributed by atoms with van der Waals surface area (Å²) in [5, 5.41) is 0. The molecule has 0 N–H and O–H groups in total. The van der Waals surface area contributed by atoms with Gasteiger partial charge in [-0.25, -0.2) is 0 Å². The van der Waals surface area contributed by atoms with Crippen LogP contribution in [0.25, 0.3) is 39.0 Å². The van der Waals surface area contributed by atoms with Crippen LogP contribution >= 0.6 is 67.8 Å². The Morgan fingerprint density at radius 3 is 1.19 bits per heavy atom. The molecule has 42 heavy (non-hydrogen) atoms. The van der Waals surface area contributed by atoms with E-state index >= 15 is 0 Å². The van der Waals surface area contributed by atoms with Crippen molar-refractivity contribution in [3.05, 3.63) is 70.4 Å².